The smallest absolute Gasteiger partial charge is 0.328 e. The third kappa shape index (κ3) is 8.24. The number of rotatable bonds is 11. The molecule has 1 heterocycles. The average Bonchev–Trinajstić information content (AvgIpc) is 2.84. The predicted molar refractivity (Wildman–Crippen MR) is 133 cm³/mol. The summed E-state index contributed by atoms with van der Waals surface area (Å²) in [5.74, 6) is -0.178. The van der Waals surface area contributed by atoms with Crippen molar-refractivity contribution in [2.24, 2.45) is 0 Å². The lowest BCUT2D eigenvalue weighted by molar-refractivity contribution is -0.146. The molecule has 184 valence electrons. The van der Waals surface area contributed by atoms with Crippen LogP contribution in [0.1, 0.15) is 19.4 Å². The van der Waals surface area contributed by atoms with Crippen LogP contribution in [0.4, 0.5) is 0 Å². The lowest BCUT2D eigenvalue weighted by atomic mass is 10.2. The van der Waals surface area contributed by atoms with Crippen molar-refractivity contribution >= 4 is 13.5 Å². The quantitative estimate of drug-likeness (QED) is 0.236. The summed E-state index contributed by atoms with van der Waals surface area (Å²) in [6, 6.07) is 18.3. The van der Waals surface area contributed by atoms with Crippen LogP contribution >= 0.6 is 7.52 Å². The Morgan fingerprint density at radius 3 is 2.40 bits per heavy atom. The number of H-pyrrole nitrogens is 1. The number of nitrogens with one attached hydrogen (secondary N) is 2. The number of carbonyl (C=O) groups excluding carboxylic acids is 1. The Morgan fingerprint density at radius 2 is 1.74 bits per heavy atom. The van der Waals surface area contributed by atoms with Crippen LogP contribution in [0.15, 0.2) is 94.2 Å². The van der Waals surface area contributed by atoms with Crippen LogP contribution in [0.3, 0.4) is 0 Å². The number of esters is 1. The van der Waals surface area contributed by atoms with Crippen LogP contribution in [0.25, 0.3) is 0 Å². The molecule has 2 N–H and O–H groups in total. The molecule has 0 saturated heterocycles. The number of hydrogen-bond acceptors (Lipinski definition) is 6. The molecule has 0 saturated carbocycles. The van der Waals surface area contributed by atoms with E-state index in [9.17, 15) is 18.9 Å². The van der Waals surface area contributed by atoms with Crippen LogP contribution in [0.2, 0.25) is 0 Å². The molecule has 35 heavy (non-hydrogen) atoms. The molecule has 0 spiro atoms. The van der Waals surface area contributed by atoms with Crippen molar-refractivity contribution in [3.05, 3.63) is 111 Å². The molecule has 0 aliphatic heterocycles. The van der Waals surface area contributed by atoms with Gasteiger partial charge < -0.3 is 9.26 Å². The molecular weight excluding hydrogens is 469 g/mol. The van der Waals surface area contributed by atoms with Crippen molar-refractivity contribution in [1.82, 2.24) is 14.6 Å². The van der Waals surface area contributed by atoms with Gasteiger partial charge in [-0.05, 0) is 31.5 Å². The highest BCUT2D eigenvalue weighted by atomic mass is 31.2. The first-order valence-corrected chi connectivity index (χ1v) is 12.8. The third-order valence-corrected chi connectivity index (χ3v) is 6.91. The first-order chi connectivity index (χ1) is 16.7. The van der Waals surface area contributed by atoms with Crippen LogP contribution in [-0.2, 0) is 27.2 Å². The molecule has 3 rings (SSSR count). The van der Waals surface area contributed by atoms with Gasteiger partial charge in [0.1, 0.15) is 18.4 Å². The lowest BCUT2D eigenvalue weighted by Crippen LogP contribution is -2.35. The second kappa shape index (κ2) is 12.1. The molecule has 2 aromatic carbocycles. The molecule has 10 heteroatoms. The number of aromatic nitrogens is 2. The van der Waals surface area contributed by atoms with Crippen molar-refractivity contribution < 1.29 is 18.6 Å². The number of para-hydroxylation sites is 1. The van der Waals surface area contributed by atoms with Crippen molar-refractivity contribution in [2.75, 3.05) is 6.16 Å². The Bertz CT molecular complexity index is 1320. The van der Waals surface area contributed by atoms with E-state index in [2.05, 4.69) is 10.1 Å². The minimum Gasteiger partial charge on any atom is -0.460 e. The first-order valence-electron chi connectivity index (χ1n) is 11.0. The number of nitrogens with zero attached hydrogens (tertiary/aromatic N) is 1. The summed E-state index contributed by atoms with van der Waals surface area (Å²) >= 11 is 0. The van der Waals surface area contributed by atoms with Gasteiger partial charge in [0.2, 0.25) is 0 Å². The fraction of sp³-hybridized carbons (Fsp3) is 0.240. The van der Waals surface area contributed by atoms with Gasteiger partial charge in [-0.1, -0.05) is 60.2 Å². The maximum atomic E-state index is 13.7. The molecule has 3 aromatic rings. The zero-order valence-electron chi connectivity index (χ0n) is 19.5. The average molecular weight is 497 g/mol. The minimum atomic E-state index is -3.60. The molecule has 0 aliphatic carbocycles. The van der Waals surface area contributed by atoms with Gasteiger partial charge >= 0.3 is 19.2 Å². The van der Waals surface area contributed by atoms with Gasteiger partial charge in [0.05, 0.1) is 6.16 Å². The summed E-state index contributed by atoms with van der Waals surface area (Å²) in [6.45, 7) is 3.62. The number of carbonyl (C=O) groups is 1. The highest BCUT2D eigenvalue weighted by Gasteiger charge is 2.29. The number of ether oxygens (including phenoxy) is 1. The van der Waals surface area contributed by atoms with E-state index in [0.29, 0.717) is 5.75 Å². The van der Waals surface area contributed by atoms with Gasteiger partial charge in [0.15, 0.2) is 0 Å². The number of benzene rings is 2. The Morgan fingerprint density at radius 1 is 1.09 bits per heavy atom. The van der Waals surface area contributed by atoms with Crippen LogP contribution in [0.5, 0.6) is 5.75 Å². The van der Waals surface area contributed by atoms with E-state index in [4.69, 9.17) is 9.26 Å². The summed E-state index contributed by atoms with van der Waals surface area (Å²) in [4.78, 5) is 37.9. The summed E-state index contributed by atoms with van der Waals surface area (Å²) in [5, 5.41) is 2.81. The van der Waals surface area contributed by atoms with Crippen LogP contribution in [-0.4, -0.2) is 27.7 Å². The maximum Gasteiger partial charge on any atom is 0.328 e. The van der Waals surface area contributed by atoms with Crippen molar-refractivity contribution in [2.45, 2.75) is 33.0 Å². The second-order valence-corrected chi connectivity index (χ2v) is 10.1. The Kier molecular flexibility index (Phi) is 9.00. The van der Waals surface area contributed by atoms with E-state index < -0.39 is 30.8 Å². The summed E-state index contributed by atoms with van der Waals surface area (Å²) in [5.41, 5.74) is 0.540. The van der Waals surface area contributed by atoms with Gasteiger partial charge in [-0.3, -0.25) is 23.7 Å². The number of hydrogen-bond donors (Lipinski definition) is 2. The Hall–Kier alpha value is -3.68. The van der Waals surface area contributed by atoms with E-state index in [0.717, 1.165) is 11.1 Å². The van der Waals surface area contributed by atoms with Crippen molar-refractivity contribution in [3.8, 4) is 5.75 Å². The standard InChI is InChI=1S/C25H28N3O6P/c1-19(17-28-15-13-23(29)26-25(28)31)14-16-35(32,34-22-11-7-4-8-12-22)27-20(2)24(30)33-18-21-9-5-3-6-10-21/h3-15,20H,16-18H2,1-2H3,(H,27,32)(H,26,29,31)/b19-14+/t20-,35?/m0/s1. The second-order valence-electron chi connectivity index (χ2n) is 7.99. The summed E-state index contributed by atoms with van der Waals surface area (Å²) < 4.78 is 26.2. The third-order valence-electron chi connectivity index (χ3n) is 4.96. The van der Waals surface area contributed by atoms with E-state index in [1.807, 2.05) is 30.3 Å². The van der Waals surface area contributed by atoms with E-state index >= 15 is 0 Å². The van der Waals surface area contributed by atoms with Gasteiger partial charge in [-0.25, -0.2) is 9.88 Å². The molecule has 0 fully saturated rings. The van der Waals surface area contributed by atoms with Gasteiger partial charge in [-0.2, -0.15) is 0 Å². The molecule has 0 amide bonds. The largest absolute Gasteiger partial charge is 0.460 e. The molecule has 1 unspecified atom stereocenters. The molecule has 0 radical (unpaired) electrons. The van der Waals surface area contributed by atoms with Crippen molar-refractivity contribution in [3.63, 3.8) is 0 Å². The molecule has 1 aromatic heterocycles. The monoisotopic (exact) mass is 497 g/mol. The SMILES string of the molecule is C/C(=C\CP(=O)(N[C@@H](C)C(=O)OCc1ccccc1)Oc1ccccc1)Cn1ccc(=O)[nH]c1=O. The molecule has 2 atom stereocenters. The first kappa shape index (κ1) is 25.9. The Balaban J connectivity index is 1.71. The van der Waals surface area contributed by atoms with E-state index in [1.165, 1.54) is 16.8 Å². The zero-order chi connectivity index (χ0) is 25.3. The van der Waals surface area contributed by atoms with Gasteiger partial charge in [0.25, 0.3) is 5.56 Å². The predicted octanol–water partition coefficient (Wildman–Crippen LogP) is 3.48. The maximum absolute atomic E-state index is 13.7. The summed E-state index contributed by atoms with van der Waals surface area (Å²) in [7, 11) is -3.60. The van der Waals surface area contributed by atoms with Gasteiger partial charge in [-0.15, -0.1) is 0 Å². The minimum absolute atomic E-state index is 0.0395. The molecular formula is C25H28N3O6P. The molecule has 9 nitrogen and oxygen atoms in total. The molecule has 0 aliphatic rings. The highest BCUT2D eigenvalue weighted by Crippen LogP contribution is 2.44. The van der Waals surface area contributed by atoms with Gasteiger partial charge in [0, 0.05) is 18.8 Å². The lowest BCUT2D eigenvalue weighted by Gasteiger charge is -2.23. The highest BCUT2D eigenvalue weighted by molar-refractivity contribution is 7.57. The topological polar surface area (TPSA) is 119 Å². The number of allylic oxidation sites excluding steroid dienone is 2. The van der Waals surface area contributed by atoms with E-state index in [-0.39, 0.29) is 19.3 Å². The van der Waals surface area contributed by atoms with E-state index in [1.54, 1.807) is 50.3 Å². The molecule has 0 bridgehead atoms. The van der Waals surface area contributed by atoms with Crippen LogP contribution in [0, 0.1) is 0 Å². The Labute approximate surface area is 202 Å². The fourth-order valence-corrected chi connectivity index (χ4v) is 5.09. The summed E-state index contributed by atoms with van der Waals surface area (Å²) in [6.07, 6.45) is 3.03. The fourth-order valence-electron chi connectivity index (χ4n) is 3.15. The normalized spacial score (nSPS) is 14.1. The van der Waals surface area contributed by atoms with Crippen LogP contribution < -0.4 is 20.9 Å². The number of aromatic amines is 1. The van der Waals surface area contributed by atoms with Crippen molar-refractivity contribution in [1.29, 1.82) is 0 Å². The zero-order valence-corrected chi connectivity index (χ0v) is 20.4.